The van der Waals surface area contributed by atoms with Gasteiger partial charge in [0.2, 0.25) is 0 Å². The van der Waals surface area contributed by atoms with Crippen LogP contribution in [-0.2, 0) is 4.74 Å². The van der Waals surface area contributed by atoms with Crippen molar-refractivity contribution in [3.63, 3.8) is 0 Å². The lowest BCUT2D eigenvalue weighted by molar-refractivity contribution is 0.0457. The third-order valence-electron chi connectivity index (χ3n) is 5.57. The topological polar surface area (TPSA) is 94.7 Å². The molecule has 10 heteroatoms. The first-order valence-corrected chi connectivity index (χ1v) is 11.2. The summed E-state index contributed by atoms with van der Waals surface area (Å²) in [4.78, 5) is 18.6. The molecule has 8 nitrogen and oxygen atoms in total. The van der Waals surface area contributed by atoms with Crippen LogP contribution in [-0.4, -0.2) is 69.7 Å². The van der Waals surface area contributed by atoms with Crippen LogP contribution in [0.2, 0.25) is 0 Å². The third kappa shape index (κ3) is 6.74. The molecule has 0 unspecified atom stereocenters. The number of anilines is 1. The van der Waals surface area contributed by atoms with E-state index in [1.165, 1.54) is 29.2 Å². The zero-order chi connectivity index (χ0) is 24.0. The Labute approximate surface area is 192 Å². The van der Waals surface area contributed by atoms with E-state index >= 15 is 0 Å². The molecule has 0 saturated carbocycles. The number of benzene rings is 1. The highest BCUT2D eigenvalue weighted by molar-refractivity contribution is 5.83. The molecule has 2 fully saturated rings. The molecule has 0 spiro atoms. The van der Waals surface area contributed by atoms with E-state index in [1.54, 1.807) is 16.0 Å². The first kappa shape index (κ1) is 24.6. The van der Waals surface area contributed by atoms with Gasteiger partial charge < -0.3 is 29.6 Å². The van der Waals surface area contributed by atoms with Crippen molar-refractivity contribution in [2.24, 2.45) is 0 Å². The molecule has 0 radical (unpaired) electrons. The van der Waals surface area contributed by atoms with Crippen LogP contribution in [0.1, 0.15) is 39.5 Å². The van der Waals surface area contributed by atoms with Gasteiger partial charge in [0.25, 0.3) is 0 Å². The third-order valence-corrected chi connectivity index (χ3v) is 5.57. The number of nitrogens with zero attached hydrogens (tertiary/aromatic N) is 4. The van der Waals surface area contributed by atoms with Crippen molar-refractivity contribution in [3.05, 3.63) is 42.5 Å². The van der Waals surface area contributed by atoms with Gasteiger partial charge in [0.15, 0.2) is 0 Å². The number of carbonyl (C=O) groups is 1. The minimum atomic E-state index is -0.486. The number of hydrogen-bond acceptors (Lipinski definition) is 6. The summed E-state index contributed by atoms with van der Waals surface area (Å²) in [5.41, 5.74) is 1.07. The number of rotatable bonds is 3. The fraction of sp³-hybridized carbons (Fsp3) is 0.522. The summed E-state index contributed by atoms with van der Waals surface area (Å²) >= 11 is 0. The summed E-state index contributed by atoms with van der Waals surface area (Å²) in [5.74, 6) is -0.941. The molecule has 3 heterocycles. The molecular weight excluding hydrogens is 432 g/mol. The van der Waals surface area contributed by atoms with Crippen LogP contribution in [0, 0.1) is 17.0 Å². The van der Waals surface area contributed by atoms with Crippen LogP contribution in [0.15, 0.2) is 30.9 Å². The van der Waals surface area contributed by atoms with E-state index in [0.717, 1.165) is 0 Å². The SMILES string of the molecule is CC(C)OC(=O)N1CCC(O)CC1.N=C1CCN(c2cc(F)c(-n3ccnc3)cc2F)CC1. The highest BCUT2D eigenvalue weighted by atomic mass is 19.1. The molecule has 2 aliphatic rings. The van der Waals surface area contributed by atoms with Crippen LogP contribution < -0.4 is 4.90 Å². The zero-order valence-electron chi connectivity index (χ0n) is 19.0. The van der Waals surface area contributed by atoms with E-state index in [1.807, 2.05) is 13.8 Å². The Morgan fingerprint density at radius 2 is 1.73 bits per heavy atom. The maximum Gasteiger partial charge on any atom is 0.410 e. The second kappa shape index (κ2) is 11.2. The molecule has 0 aliphatic carbocycles. The molecule has 0 atom stereocenters. The number of amides is 1. The Balaban J connectivity index is 0.000000205. The fourth-order valence-electron chi connectivity index (χ4n) is 3.71. The van der Waals surface area contributed by atoms with E-state index in [9.17, 15) is 18.7 Å². The number of halogens is 2. The minimum Gasteiger partial charge on any atom is -0.447 e. The number of carbonyl (C=O) groups excluding carboxylic acids is 1. The summed E-state index contributed by atoms with van der Waals surface area (Å²) in [5, 5.41) is 16.8. The molecule has 1 aromatic heterocycles. The van der Waals surface area contributed by atoms with Gasteiger partial charge in [-0.3, -0.25) is 0 Å². The van der Waals surface area contributed by atoms with Crippen LogP contribution in [0.5, 0.6) is 0 Å². The lowest BCUT2D eigenvalue weighted by Crippen LogP contribution is -2.41. The number of imidazole rings is 1. The fourth-order valence-corrected chi connectivity index (χ4v) is 3.71. The predicted molar refractivity (Wildman–Crippen MR) is 121 cm³/mol. The van der Waals surface area contributed by atoms with Crippen molar-refractivity contribution in [2.45, 2.75) is 51.7 Å². The van der Waals surface area contributed by atoms with Crippen molar-refractivity contribution in [1.82, 2.24) is 14.5 Å². The standard InChI is InChI=1S/C14H14F2N4.C9H17NO3/c15-11-8-14(20-6-3-18-9-20)12(16)7-13(11)19-4-1-10(17)2-5-19;1-7(2)13-9(12)10-5-3-8(11)4-6-10/h3,6-9,17H,1-2,4-5H2;7-8,11H,3-6H2,1-2H3. The van der Waals surface area contributed by atoms with Gasteiger partial charge in [-0.25, -0.2) is 18.6 Å². The van der Waals surface area contributed by atoms with Gasteiger partial charge >= 0.3 is 6.09 Å². The Morgan fingerprint density at radius 1 is 1.12 bits per heavy atom. The van der Waals surface area contributed by atoms with E-state index in [0.29, 0.717) is 57.6 Å². The first-order valence-electron chi connectivity index (χ1n) is 11.2. The molecule has 33 heavy (non-hydrogen) atoms. The first-order chi connectivity index (χ1) is 15.7. The van der Waals surface area contributed by atoms with Crippen LogP contribution >= 0.6 is 0 Å². The zero-order valence-corrected chi connectivity index (χ0v) is 19.0. The Bertz CT molecular complexity index is 934. The lowest BCUT2D eigenvalue weighted by atomic mass is 10.1. The van der Waals surface area contributed by atoms with Crippen molar-refractivity contribution < 1.29 is 23.4 Å². The van der Waals surface area contributed by atoms with Gasteiger partial charge in [-0.2, -0.15) is 0 Å². The number of piperidine rings is 2. The van der Waals surface area contributed by atoms with Gasteiger partial charge in [0.1, 0.15) is 11.6 Å². The van der Waals surface area contributed by atoms with Crippen LogP contribution in [0.4, 0.5) is 19.3 Å². The van der Waals surface area contributed by atoms with Gasteiger partial charge in [-0.1, -0.05) is 0 Å². The van der Waals surface area contributed by atoms with E-state index in [-0.39, 0.29) is 29.7 Å². The molecule has 2 N–H and O–H groups in total. The van der Waals surface area contributed by atoms with E-state index in [2.05, 4.69) is 4.98 Å². The maximum atomic E-state index is 14.2. The molecule has 4 rings (SSSR count). The largest absolute Gasteiger partial charge is 0.447 e. The van der Waals surface area contributed by atoms with Gasteiger partial charge in [-0.05, 0) is 26.7 Å². The van der Waals surface area contributed by atoms with Gasteiger partial charge in [0, 0.05) is 69.3 Å². The Morgan fingerprint density at radius 3 is 2.30 bits per heavy atom. The molecule has 1 aromatic carbocycles. The summed E-state index contributed by atoms with van der Waals surface area (Å²) in [7, 11) is 0. The van der Waals surface area contributed by atoms with Crippen molar-refractivity contribution in [3.8, 4) is 5.69 Å². The van der Waals surface area contributed by atoms with Gasteiger partial charge in [0.05, 0.1) is 29.9 Å². The minimum absolute atomic E-state index is 0.0700. The quantitative estimate of drug-likeness (QED) is 0.723. The molecule has 0 bridgehead atoms. The summed E-state index contributed by atoms with van der Waals surface area (Å²) in [6.45, 7) is 5.98. The summed E-state index contributed by atoms with van der Waals surface area (Å²) < 4.78 is 34.8. The second-order valence-corrected chi connectivity index (χ2v) is 8.47. The van der Waals surface area contributed by atoms with Crippen molar-refractivity contribution >= 4 is 17.5 Å². The highest BCUT2D eigenvalue weighted by Crippen LogP contribution is 2.27. The number of aliphatic hydroxyl groups excluding tert-OH is 1. The van der Waals surface area contributed by atoms with Crippen LogP contribution in [0.25, 0.3) is 5.69 Å². The molecule has 2 aliphatic heterocycles. The van der Waals surface area contributed by atoms with E-state index in [4.69, 9.17) is 10.1 Å². The number of hydrogen-bond donors (Lipinski definition) is 2. The molecule has 2 saturated heterocycles. The number of aromatic nitrogens is 2. The van der Waals surface area contributed by atoms with Crippen molar-refractivity contribution in [1.29, 1.82) is 5.41 Å². The Kier molecular flexibility index (Phi) is 8.37. The predicted octanol–water partition coefficient (Wildman–Crippen LogP) is 3.76. The van der Waals surface area contributed by atoms with Gasteiger partial charge in [-0.15, -0.1) is 0 Å². The Hall–Kier alpha value is -3.01. The average molecular weight is 464 g/mol. The normalized spacial score (nSPS) is 17.1. The summed E-state index contributed by atoms with van der Waals surface area (Å²) in [6, 6.07) is 2.41. The summed E-state index contributed by atoms with van der Waals surface area (Å²) in [6.07, 6.45) is 6.46. The average Bonchev–Trinajstić information content (AvgIpc) is 3.31. The maximum absolute atomic E-state index is 14.2. The number of likely N-dealkylation sites (tertiary alicyclic amines) is 1. The number of nitrogens with one attached hydrogen (secondary N) is 1. The monoisotopic (exact) mass is 463 g/mol. The lowest BCUT2D eigenvalue weighted by Gasteiger charge is -2.29. The molecule has 180 valence electrons. The smallest absolute Gasteiger partial charge is 0.410 e. The van der Waals surface area contributed by atoms with Crippen LogP contribution in [0.3, 0.4) is 0 Å². The molecule has 2 aromatic rings. The van der Waals surface area contributed by atoms with E-state index < -0.39 is 11.6 Å². The molecule has 1 amide bonds. The number of aliphatic hydroxyl groups is 1. The molecular formula is C23H31F2N5O3. The second-order valence-electron chi connectivity index (χ2n) is 8.47. The number of ether oxygens (including phenoxy) is 1. The van der Waals surface area contributed by atoms with Crippen molar-refractivity contribution in [2.75, 3.05) is 31.1 Å². The highest BCUT2D eigenvalue weighted by Gasteiger charge is 2.23.